The molecule has 2 aliphatic carbocycles. The highest BCUT2D eigenvalue weighted by Gasteiger charge is 2.58. The molecule has 12 heteroatoms. The third kappa shape index (κ3) is 5.93. The fraction of sp³-hybridized carbons (Fsp3) is 0.690. The van der Waals surface area contributed by atoms with Gasteiger partial charge in [0.1, 0.15) is 11.6 Å². The van der Waals surface area contributed by atoms with E-state index in [4.69, 9.17) is 0 Å². The first-order valence-corrected chi connectivity index (χ1v) is 14.3. The van der Waals surface area contributed by atoms with Crippen LogP contribution in [0.25, 0.3) is 0 Å². The van der Waals surface area contributed by atoms with Crippen LogP contribution in [0.3, 0.4) is 0 Å². The molecule has 0 radical (unpaired) electrons. The summed E-state index contributed by atoms with van der Waals surface area (Å²) in [5.74, 6) is -6.82. The molecule has 1 aromatic carbocycles. The third-order valence-corrected chi connectivity index (χ3v) is 9.29. The zero-order chi connectivity index (χ0) is 29.8. The number of benzene rings is 1. The average Bonchev–Trinajstić information content (AvgIpc) is 3.84. The molecule has 2 saturated carbocycles. The van der Waals surface area contributed by atoms with Crippen LogP contribution in [-0.4, -0.2) is 77.4 Å². The van der Waals surface area contributed by atoms with Gasteiger partial charge in [0.25, 0.3) is 5.92 Å². The number of carbonyl (C=O) groups excluding carboxylic acids is 2. The molecule has 2 saturated heterocycles. The van der Waals surface area contributed by atoms with Crippen LogP contribution in [0.5, 0.6) is 0 Å². The van der Waals surface area contributed by atoms with Crippen LogP contribution >= 0.6 is 0 Å². The fourth-order valence-electron chi connectivity index (χ4n) is 5.99. The summed E-state index contributed by atoms with van der Waals surface area (Å²) < 4.78 is 74.8. The molecule has 2 amide bonds. The Hall–Kier alpha value is -2.78. The Labute approximate surface area is 236 Å². The fourth-order valence-corrected chi connectivity index (χ4v) is 5.99. The first kappa shape index (κ1) is 29.7. The third-order valence-electron chi connectivity index (χ3n) is 9.29. The Kier molecular flexibility index (Phi) is 7.60. The van der Waals surface area contributed by atoms with Gasteiger partial charge in [-0.15, -0.1) is 0 Å². The van der Waals surface area contributed by atoms with Gasteiger partial charge in [-0.25, -0.2) is 8.78 Å². The number of carbonyl (C=O) groups is 2. The van der Waals surface area contributed by atoms with E-state index < -0.39 is 70.9 Å². The predicted octanol–water partition coefficient (Wildman–Crippen LogP) is 4.12. The normalized spacial score (nSPS) is 26.0. The second kappa shape index (κ2) is 10.5. The molecule has 4 fully saturated rings. The first-order valence-electron chi connectivity index (χ1n) is 14.3. The highest BCUT2D eigenvalue weighted by molar-refractivity contribution is 5.92. The van der Waals surface area contributed by atoms with Gasteiger partial charge in [-0.05, 0) is 50.3 Å². The molecule has 2 atom stereocenters. The lowest BCUT2D eigenvalue weighted by atomic mass is 9.88. The van der Waals surface area contributed by atoms with Crippen molar-refractivity contribution in [2.45, 2.75) is 76.2 Å². The maximum Gasteiger partial charge on any atom is 0.416 e. The number of piperazine rings is 1. The van der Waals surface area contributed by atoms with Crippen molar-refractivity contribution in [1.82, 2.24) is 20.0 Å². The number of amides is 2. The highest BCUT2D eigenvalue weighted by Crippen LogP contribution is 2.51. The monoisotopic (exact) mass is 581 g/mol. The summed E-state index contributed by atoms with van der Waals surface area (Å²) in [4.78, 5) is 31.7. The van der Waals surface area contributed by atoms with E-state index in [0.29, 0.717) is 44.3 Å². The van der Waals surface area contributed by atoms with Crippen molar-refractivity contribution < 1.29 is 31.5 Å². The summed E-state index contributed by atoms with van der Waals surface area (Å²) in [5, 5.41) is 12.0. The van der Waals surface area contributed by atoms with Crippen LogP contribution in [0.1, 0.15) is 62.6 Å². The van der Waals surface area contributed by atoms with Gasteiger partial charge in [0.2, 0.25) is 11.8 Å². The van der Waals surface area contributed by atoms with E-state index >= 15 is 8.78 Å². The van der Waals surface area contributed by atoms with E-state index in [2.05, 4.69) is 10.2 Å². The molecule has 0 spiro atoms. The topological polar surface area (TPSA) is 79.7 Å². The van der Waals surface area contributed by atoms with Crippen molar-refractivity contribution >= 4 is 11.8 Å². The molecule has 5 rings (SSSR count). The van der Waals surface area contributed by atoms with Crippen molar-refractivity contribution in [3.63, 3.8) is 0 Å². The van der Waals surface area contributed by atoms with Gasteiger partial charge < -0.3 is 15.1 Å². The zero-order valence-corrected chi connectivity index (χ0v) is 23.4. The number of hydrogen-bond acceptors (Lipinski definition) is 5. The molecule has 1 N–H and O–H groups in total. The summed E-state index contributed by atoms with van der Waals surface area (Å²) >= 11 is 0. The molecule has 0 aromatic heterocycles. The van der Waals surface area contributed by atoms with Gasteiger partial charge in [0.05, 0.1) is 11.6 Å². The number of likely N-dealkylation sites (N-methyl/N-ethyl adjacent to an activating group) is 1. The van der Waals surface area contributed by atoms with E-state index in [1.54, 1.807) is 6.92 Å². The molecule has 1 aromatic rings. The van der Waals surface area contributed by atoms with Crippen LogP contribution in [0.15, 0.2) is 18.2 Å². The number of nitrogens with one attached hydrogen (secondary N) is 1. The summed E-state index contributed by atoms with van der Waals surface area (Å²) in [7, 11) is 0. The first-order chi connectivity index (χ1) is 19.2. The van der Waals surface area contributed by atoms with E-state index in [1.165, 1.54) is 6.07 Å². The molecular formula is C29H36F5N5O2. The number of nitrogens with zero attached hydrogens (tertiary/aromatic N) is 4. The van der Waals surface area contributed by atoms with Crippen molar-refractivity contribution in [3.8, 4) is 6.07 Å². The smallest absolute Gasteiger partial charge is 0.336 e. The van der Waals surface area contributed by atoms with Crippen LogP contribution in [0.2, 0.25) is 0 Å². The highest BCUT2D eigenvalue weighted by atomic mass is 19.4. The maximum absolute atomic E-state index is 16.1. The van der Waals surface area contributed by atoms with Crippen LogP contribution in [0.4, 0.5) is 22.0 Å². The molecule has 0 bridgehead atoms. The largest absolute Gasteiger partial charge is 0.416 e. The summed E-state index contributed by atoms with van der Waals surface area (Å²) in [5.41, 5.74) is -4.07. The molecule has 2 heterocycles. The van der Waals surface area contributed by atoms with Crippen LogP contribution in [-0.2, 0) is 28.2 Å². The molecule has 7 nitrogen and oxygen atoms in total. The number of alkyl halides is 5. The van der Waals surface area contributed by atoms with Gasteiger partial charge in [-0.1, -0.05) is 26.0 Å². The number of hydrogen-bond donors (Lipinski definition) is 1. The van der Waals surface area contributed by atoms with Crippen molar-refractivity contribution in [3.05, 3.63) is 34.9 Å². The maximum atomic E-state index is 16.1. The second-order valence-electron chi connectivity index (χ2n) is 12.4. The predicted molar refractivity (Wildman–Crippen MR) is 139 cm³/mol. The van der Waals surface area contributed by atoms with Gasteiger partial charge in [0.15, 0.2) is 0 Å². The minimum absolute atomic E-state index is 0.222. The van der Waals surface area contributed by atoms with Crippen molar-refractivity contribution in [2.75, 3.05) is 39.3 Å². The Morgan fingerprint density at radius 3 is 2.20 bits per heavy atom. The van der Waals surface area contributed by atoms with Gasteiger partial charge in [-0.2, -0.15) is 18.4 Å². The Morgan fingerprint density at radius 1 is 1.02 bits per heavy atom. The Bertz CT molecular complexity index is 1230. The number of halogens is 5. The lowest BCUT2D eigenvalue weighted by Gasteiger charge is -2.34. The number of nitriles is 1. The second-order valence-corrected chi connectivity index (χ2v) is 12.4. The number of likely N-dealkylation sites (tertiary alicyclic amines) is 1. The molecule has 41 heavy (non-hydrogen) atoms. The van der Waals surface area contributed by atoms with Crippen molar-refractivity contribution in [2.24, 2.45) is 11.3 Å². The minimum Gasteiger partial charge on any atom is -0.336 e. The Balaban J connectivity index is 1.40. The van der Waals surface area contributed by atoms with Crippen LogP contribution < -0.4 is 5.32 Å². The lowest BCUT2D eigenvalue weighted by Crippen LogP contribution is -2.50. The summed E-state index contributed by atoms with van der Waals surface area (Å²) in [6, 6.07) is 3.72. The molecular weight excluding hydrogens is 545 g/mol. The molecule has 224 valence electrons. The van der Waals surface area contributed by atoms with Crippen LogP contribution in [0, 0.1) is 22.7 Å². The molecule has 2 aliphatic heterocycles. The lowest BCUT2D eigenvalue weighted by molar-refractivity contribution is -0.146. The van der Waals surface area contributed by atoms with E-state index in [9.17, 15) is 28.0 Å². The van der Waals surface area contributed by atoms with E-state index in [0.717, 1.165) is 36.7 Å². The van der Waals surface area contributed by atoms with E-state index in [1.807, 2.05) is 17.9 Å². The quantitative estimate of drug-likeness (QED) is 0.468. The average molecular weight is 582 g/mol. The van der Waals surface area contributed by atoms with Gasteiger partial charge in [0, 0.05) is 56.2 Å². The number of rotatable bonds is 8. The summed E-state index contributed by atoms with van der Waals surface area (Å²) in [6.07, 6.45) is -3.58. The standard InChI is InChI=1S/C29H36F5N5O2/c1-3-37-10-12-38(13-11-37)16-19-4-5-21(22(14-19)29(32,33)34)28(30,31)20-15-23(24(40)36-27(18-35)8-9-27)39(17-20)25(41)26(2)6-7-26/h4-5,14,20,23H,3,6-13,15-17H2,1-2H3,(H,36,40)/t20-,23+/m1/s1. The molecule has 4 aliphatic rings. The van der Waals surface area contributed by atoms with Gasteiger partial charge in [-0.3, -0.25) is 14.5 Å². The SMILES string of the molecule is CCN1CCN(Cc2ccc(C(F)(F)[C@@H]3C[C@@H](C(=O)NC4(C#N)CC4)N(C(=O)C4(C)CC4)C3)c(C(F)(F)F)c2)CC1. The minimum atomic E-state index is -5.02. The van der Waals surface area contributed by atoms with E-state index in [-0.39, 0.29) is 6.54 Å². The zero-order valence-electron chi connectivity index (χ0n) is 23.4. The summed E-state index contributed by atoms with van der Waals surface area (Å²) in [6.45, 7) is 7.23. The van der Waals surface area contributed by atoms with Crippen molar-refractivity contribution in [1.29, 1.82) is 5.26 Å². The molecule has 0 unspecified atom stereocenters. The van der Waals surface area contributed by atoms with Gasteiger partial charge >= 0.3 is 6.18 Å². The Morgan fingerprint density at radius 2 is 1.66 bits per heavy atom.